The van der Waals surface area contributed by atoms with Crippen molar-refractivity contribution in [2.45, 2.75) is 110 Å². The fourth-order valence-corrected chi connectivity index (χ4v) is 8.36. The van der Waals surface area contributed by atoms with Crippen molar-refractivity contribution in [2.24, 2.45) is 17.0 Å². The minimum atomic E-state index is -0.241. The standard InChI is InChI=1S/C44H52N2O3/c1-6-9-11-12-18-39(45-49)43(48)32-21-24-41-36(27-32)35-26-31(20-23-40(35)46(41)28-29(8-3)15-10-7-2)42(47)30-19-22-38-34(25-30)33-16-13-14-17-37(33)44(38,4)5/h13-14,16-17,19-27,29,33,37,49H,6-12,15,18,28H2,1-5H3/b45-39+. The van der Waals surface area contributed by atoms with Gasteiger partial charge >= 0.3 is 0 Å². The Hall–Kier alpha value is -4.25. The predicted octanol–water partition coefficient (Wildman–Crippen LogP) is 11.3. The molecule has 0 amide bonds. The number of hydrogen-bond donors (Lipinski definition) is 1. The summed E-state index contributed by atoms with van der Waals surface area (Å²) in [6, 6.07) is 18.2. The molecule has 4 aromatic rings. The molecule has 0 fully saturated rings. The second-order valence-corrected chi connectivity index (χ2v) is 14.9. The van der Waals surface area contributed by atoms with Crippen LogP contribution in [-0.2, 0) is 12.0 Å². The molecule has 1 N–H and O–H groups in total. The molecule has 49 heavy (non-hydrogen) atoms. The van der Waals surface area contributed by atoms with Gasteiger partial charge in [-0.1, -0.05) is 115 Å². The topological polar surface area (TPSA) is 71.7 Å². The number of Topliss-reactive ketones (excluding diaryl/α,β-unsaturated/α-hetero) is 1. The van der Waals surface area contributed by atoms with Gasteiger partial charge in [-0.15, -0.1) is 0 Å². The molecule has 3 aromatic carbocycles. The summed E-state index contributed by atoms with van der Waals surface area (Å²) in [4.78, 5) is 27.8. The first-order chi connectivity index (χ1) is 23.7. The molecule has 2 aliphatic rings. The first kappa shape index (κ1) is 34.6. The van der Waals surface area contributed by atoms with Crippen molar-refractivity contribution in [1.82, 2.24) is 4.57 Å². The molecule has 0 spiro atoms. The van der Waals surface area contributed by atoms with Crippen LogP contribution in [0.3, 0.4) is 0 Å². The van der Waals surface area contributed by atoms with Crippen LogP contribution in [0.4, 0.5) is 0 Å². The van der Waals surface area contributed by atoms with E-state index in [1.54, 1.807) is 0 Å². The third kappa shape index (κ3) is 6.57. The van der Waals surface area contributed by atoms with Crippen molar-refractivity contribution in [3.8, 4) is 0 Å². The summed E-state index contributed by atoms with van der Waals surface area (Å²) in [6.07, 6.45) is 17.9. The summed E-state index contributed by atoms with van der Waals surface area (Å²) in [7, 11) is 0. The fraction of sp³-hybridized carbons (Fsp3) is 0.432. The second-order valence-electron chi connectivity index (χ2n) is 14.9. The molecule has 2 aliphatic carbocycles. The first-order valence-corrected chi connectivity index (χ1v) is 18.6. The number of allylic oxidation sites excluding steroid dienone is 4. The van der Waals surface area contributed by atoms with E-state index >= 15 is 0 Å². The van der Waals surface area contributed by atoms with Gasteiger partial charge in [0.15, 0.2) is 5.78 Å². The highest BCUT2D eigenvalue weighted by Crippen LogP contribution is 2.53. The van der Waals surface area contributed by atoms with E-state index in [0.717, 1.165) is 66.9 Å². The maximum absolute atomic E-state index is 14.2. The zero-order valence-electron chi connectivity index (χ0n) is 30.0. The number of unbranched alkanes of at least 4 members (excludes halogenated alkanes) is 4. The number of benzene rings is 3. The van der Waals surface area contributed by atoms with Crippen molar-refractivity contribution < 1.29 is 14.8 Å². The Morgan fingerprint density at radius 1 is 0.816 bits per heavy atom. The van der Waals surface area contributed by atoms with Crippen molar-refractivity contribution in [1.29, 1.82) is 0 Å². The molecule has 3 atom stereocenters. The van der Waals surface area contributed by atoms with Crippen molar-refractivity contribution in [2.75, 3.05) is 0 Å². The number of hydrogen-bond acceptors (Lipinski definition) is 4. The van der Waals surface area contributed by atoms with Gasteiger partial charge in [0.2, 0.25) is 5.78 Å². The minimum absolute atomic E-state index is 0.00228. The second kappa shape index (κ2) is 14.7. The number of rotatable bonds is 15. The normalized spacial score (nSPS) is 18.6. The molecule has 0 aliphatic heterocycles. The Morgan fingerprint density at radius 3 is 2.16 bits per heavy atom. The molecule has 5 nitrogen and oxygen atoms in total. The highest BCUT2D eigenvalue weighted by molar-refractivity contribution is 6.46. The monoisotopic (exact) mass is 656 g/mol. The van der Waals surface area contributed by atoms with Crippen LogP contribution in [0.5, 0.6) is 0 Å². The van der Waals surface area contributed by atoms with Gasteiger partial charge in [0, 0.05) is 51.0 Å². The highest BCUT2D eigenvalue weighted by Gasteiger charge is 2.44. The van der Waals surface area contributed by atoms with Crippen LogP contribution < -0.4 is 0 Å². The lowest BCUT2D eigenvalue weighted by molar-refractivity contribution is 0.103. The third-order valence-electron chi connectivity index (χ3n) is 11.4. The van der Waals surface area contributed by atoms with Crippen LogP contribution >= 0.6 is 0 Å². The molecule has 6 rings (SSSR count). The summed E-state index contributed by atoms with van der Waals surface area (Å²) in [5, 5.41) is 15.1. The number of aromatic nitrogens is 1. The number of ketones is 2. The van der Waals surface area contributed by atoms with Crippen LogP contribution in [-0.4, -0.2) is 27.1 Å². The van der Waals surface area contributed by atoms with Gasteiger partial charge in [0.25, 0.3) is 0 Å². The number of fused-ring (bicyclic) bond motifs is 6. The van der Waals surface area contributed by atoms with E-state index in [1.165, 1.54) is 24.0 Å². The summed E-state index contributed by atoms with van der Waals surface area (Å²) in [6.45, 7) is 12.1. The van der Waals surface area contributed by atoms with E-state index in [-0.39, 0.29) is 28.6 Å². The minimum Gasteiger partial charge on any atom is -0.411 e. The van der Waals surface area contributed by atoms with Gasteiger partial charge in [0.1, 0.15) is 5.71 Å². The fourth-order valence-electron chi connectivity index (χ4n) is 8.36. The summed E-state index contributed by atoms with van der Waals surface area (Å²) >= 11 is 0. The van der Waals surface area contributed by atoms with Crippen molar-refractivity contribution in [3.05, 3.63) is 107 Å². The molecular formula is C44H52N2O3. The van der Waals surface area contributed by atoms with Gasteiger partial charge in [-0.2, -0.15) is 0 Å². The summed E-state index contributed by atoms with van der Waals surface area (Å²) in [5.41, 5.74) is 6.74. The Morgan fingerprint density at radius 2 is 1.47 bits per heavy atom. The maximum Gasteiger partial charge on any atom is 0.210 e. The van der Waals surface area contributed by atoms with Crippen LogP contribution in [0.25, 0.3) is 21.8 Å². The van der Waals surface area contributed by atoms with Gasteiger partial charge < -0.3 is 9.77 Å². The van der Waals surface area contributed by atoms with Crippen molar-refractivity contribution in [3.63, 3.8) is 0 Å². The van der Waals surface area contributed by atoms with E-state index in [9.17, 15) is 14.8 Å². The Bertz CT molecular complexity index is 1960. The van der Waals surface area contributed by atoms with Crippen LogP contribution in [0.15, 0.2) is 84.1 Å². The lowest BCUT2D eigenvalue weighted by atomic mass is 9.74. The first-order valence-electron chi connectivity index (χ1n) is 18.6. The van der Waals surface area contributed by atoms with Crippen LogP contribution in [0.2, 0.25) is 0 Å². The van der Waals surface area contributed by atoms with Gasteiger partial charge in [-0.25, -0.2) is 0 Å². The van der Waals surface area contributed by atoms with E-state index in [4.69, 9.17) is 0 Å². The lowest BCUT2D eigenvalue weighted by Crippen LogP contribution is -2.24. The molecule has 0 bridgehead atoms. The number of nitrogens with zero attached hydrogens (tertiary/aromatic N) is 2. The summed E-state index contributed by atoms with van der Waals surface area (Å²) < 4.78 is 2.38. The average Bonchev–Trinajstić information content (AvgIpc) is 3.56. The van der Waals surface area contributed by atoms with E-state index in [2.05, 4.69) is 86.8 Å². The molecule has 0 saturated carbocycles. The zero-order valence-corrected chi connectivity index (χ0v) is 30.0. The van der Waals surface area contributed by atoms with E-state index < -0.39 is 0 Å². The molecule has 0 radical (unpaired) electrons. The highest BCUT2D eigenvalue weighted by atomic mass is 16.4. The number of carbonyl (C=O) groups is 2. The molecule has 1 aromatic heterocycles. The van der Waals surface area contributed by atoms with E-state index in [1.807, 2.05) is 36.4 Å². The van der Waals surface area contributed by atoms with Gasteiger partial charge in [0.05, 0.1) is 0 Å². The van der Waals surface area contributed by atoms with E-state index in [0.29, 0.717) is 34.9 Å². The molecule has 5 heteroatoms. The largest absolute Gasteiger partial charge is 0.411 e. The lowest BCUT2D eigenvalue weighted by Gasteiger charge is -2.29. The Labute approximate surface area is 291 Å². The van der Waals surface area contributed by atoms with Crippen LogP contribution in [0.1, 0.15) is 136 Å². The molecule has 256 valence electrons. The van der Waals surface area contributed by atoms with Gasteiger partial charge in [-0.3, -0.25) is 9.59 Å². The Balaban J connectivity index is 1.41. The number of carbonyl (C=O) groups excluding carboxylic acids is 2. The molecule has 1 heterocycles. The van der Waals surface area contributed by atoms with Gasteiger partial charge in [-0.05, 0) is 90.1 Å². The molecule has 3 unspecified atom stereocenters. The molecule has 0 saturated heterocycles. The smallest absolute Gasteiger partial charge is 0.210 e. The van der Waals surface area contributed by atoms with Crippen molar-refractivity contribution >= 4 is 39.1 Å². The molecular weight excluding hydrogens is 604 g/mol. The quantitative estimate of drug-likeness (QED) is 0.0455. The SMILES string of the molecule is CCCCCC/C(=N\O)C(=O)c1ccc2c(c1)c1cc(C(=O)c3ccc4c(c3)C3C=CC=CC3C4(C)C)ccc1n2CC(CC)CCCC. The third-order valence-corrected chi connectivity index (χ3v) is 11.4. The average molecular weight is 657 g/mol. The summed E-state index contributed by atoms with van der Waals surface area (Å²) in [5.74, 6) is 0.951. The Kier molecular flexibility index (Phi) is 10.4. The zero-order chi connectivity index (χ0) is 34.7. The maximum atomic E-state index is 14.2. The van der Waals surface area contributed by atoms with Crippen LogP contribution in [0, 0.1) is 11.8 Å². The predicted molar refractivity (Wildman–Crippen MR) is 202 cm³/mol. The number of oxime groups is 1.